The monoisotopic (exact) mass is 483 g/mol. The molecule has 2 heterocycles. The predicted molar refractivity (Wildman–Crippen MR) is 122 cm³/mol. The van der Waals surface area contributed by atoms with Crippen LogP contribution in [0.2, 0.25) is 0 Å². The summed E-state index contributed by atoms with van der Waals surface area (Å²) in [5.74, 6) is -1.21. The lowest BCUT2D eigenvalue weighted by atomic mass is 9.96. The largest absolute Gasteiger partial charge is 0.481 e. The Morgan fingerprint density at radius 1 is 1.03 bits per heavy atom. The van der Waals surface area contributed by atoms with E-state index in [1.54, 1.807) is 29.4 Å². The predicted octanol–water partition coefficient (Wildman–Crippen LogP) is 4.77. The lowest BCUT2D eigenvalue weighted by molar-refractivity contribution is -0.138. The molecule has 0 bridgehead atoms. The van der Waals surface area contributed by atoms with Gasteiger partial charge in [0.15, 0.2) is 0 Å². The fraction of sp³-hybridized carbons (Fsp3) is 0.308. The summed E-state index contributed by atoms with van der Waals surface area (Å²) in [7, 11) is 0. The van der Waals surface area contributed by atoms with E-state index in [0.29, 0.717) is 35.2 Å². The van der Waals surface area contributed by atoms with Gasteiger partial charge in [-0.1, -0.05) is 12.1 Å². The maximum Gasteiger partial charge on any atom is 0.416 e. The van der Waals surface area contributed by atoms with Crippen LogP contribution in [0.1, 0.15) is 35.1 Å². The molecule has 0 atom stereocenters. The zero-order chi connectivity index (χ0) is 25.0. The summed E-state index contributed by atoms with van der Waals surface area (Å²) in [6, 6.07) is 8.71. The smallest absolute Gasteiger partial charge is 0.416 e. The van der Waals surface area contributed by atoms with Crippen LogP contribution >= 0.6 is 0 Å². The molecule has 0 unspecified atom stereocenters. The van der Waals surface area contributed by atoms with Crippen molar-refractivity contribution in [1.82, 2.24) is 14.9 Å². The number of carboxylic acid groups (broad SMARTS) is 1. The van der Waals surface area contributed by atoms with Crippen LogP contribution in [-0.2, 0) is 35.2 Å². The van der Waals surface area contributed by atoms with Crippen LogP contribution in [0.25, 0.3) is 11.1 Å². The summed E-state index contributed by atoms with van der Waals surface area (Å²) < 4.78 is 40.6. The third kappa shape index (κ3) is 6.44. The first-order valence-corrected chi connectivity index (χ1v) is 11.2. The standard InChI is InChI=1S/C26H24F3N3O3/c27-26(28,29)22-5-6-23(20-10-18(11-24(33)34)14-31-15-20)21(12-22)16-32(25(35)19-3-4-19)9-7-17-2-1-8-30-13-17/h1-2,5-6,8,10,12-15,19H,3-4,7,9,11,16H2,(H,33,34). The highest BCUT2D eigenvalue weighted by Crippen LogP contribution is 2.36. The third-order valence-electron chi connectivity index (χ3n) is 5.89. The first-order chi connectivity index (χ1) is 16.7. The molecular weight excluding hydrogens is 459 g/mol. The number of amides is 1. The Morgan fingerprint density at radius 2 is 1.80 bits per heavy atom. The van der Waals surface area contributed by atoms with E-state index < -0.39 is 17.7 Å². The first-order valence-electron chi connectivity index (χ1n) is 11.2. The van der Waals surface area contributed by atoms with Crippen LogP contribution < -0.4 is 0 Å². The molecule has 2 aromatic heterocycles. The zero-order valence-corrected chi connectivity index (χ0v) is 18.8. The SMILES string of the molecule is O=C(O)Cc1cncc(-c2ccc(C(F)(F)F)cc2CN(CCc2cccnc2)C(=O)C2CC2)c1. The van der Waals surface area contributed by atoms with E-state index in [0.717, 1.165) is 30.5 Å². The summed E-state index contributed by atoms with van der Waals surface area (Å²) >= 11 is 0. The molecule has 1 aliphatic rings. The number of rotatable bonds is 9. The molecule has 1 saturated carbocycles. The highest BCUT2D eigenvalue weighted by atomic mass is 19.4. The molecule has 182 valence electrons. The molecular formula is C26H24F3N3O3. The molecule has 1 aromatic carbocycles. The van der Waals surface area contributed by atoms with Crippen molar-refractivity contribution >= 4 is 11.9 Å². The van der Waals surface area contributed by atoms with Gasteiger partial charge in [0.05, 0.1) is 12.0 Å². The molecule has 9 heteroatoms. The molecule has 0 aliphatic heterocycles. The second kappa shape index (κ2) is 10.2. The minimum Gasteiger partial charge on any atom is -0.481 e. The van der Waals surface area contributed by atoms with Gasteiger partial charge in [0, 0.05) is 49.4 Å². The number of pyridine rings is 2. The number of aromatic nitrogens is 2. The van der Waals surface area contributed by atoms with Gasteiger partial charge in [0.25, 0.3) is 0 Å². The Bertz CT molecular complexity index is 1210. The fourth-order valence-corrected chi connectivity index (χ4v) is 3.96. The summed E-state index contributed by atoms with van der Waals surface area (Å²) in [4.78, 5) is 33.9. The Kier molecular flexibility index (Phi) is 7.14. The fourth-order valence-electron chi connectivity index (χ4n) is 3.96. The lowest BCUT2D eigenvalue weighted by Crippen LogP contribution is -2.34. The van der Waals surface area contributed by atoms with Crippen molar-refractivity contribution in [3.8, 4) is 11.1 Å². The second-order valence-corrected chi connectivity index (χ2v) is 8.67. The number of carboxylic acids is 1. The van der Waals surface area contributed by atoms with Crippen LogP contribution in [0, 0.1) is 5.92 Å². The Balaban J connectivity index is 1.69. The molecule has 0 radical (unpaired) electrons. The van der Waals surface area contributed by atoms with Crippen LogP contribution in [-0.4, -0.2) is 38.4 Å². The number of halogens is 3. The number of aliphatic carboxylic acids is 1. The third-order valence-corrected chi connectivity index (χ3v) is 5.89. The highest BCUT2D eigenvalue weighted by molar-refractivity contribution is 5.81. The maximum absolute atomic E-state index is 13.5. The summed E-state index contributed by atoms with van der Waals surface area (Å²) in [5, 5.41) is 9.10. The Labute approximate surface area is 200 Å². The summed E-state index contributed by atoms with van der Waals surface area (Å²) in [6.07, 6.45) is 3.53. The zero-order valence-electron chi connectivity index (χ0n) is 18.8. The topological polar surface area (TPSA) is 83.4 Å². The van der Waals surface area contributed by atoms with E-state index in [9.17, 15) is 22.8 Å². The number of hydrogen-bond donors (Lipinski definition) is 1. The number of nitrogens with zero attached hydrogens (tertiary/aromatic N) is 3. The van der Waals surface area contributed by atoms with Gasteiger partial charge in [0.1, 0.15) is 0 Å². The molecule has 35 heavy (non-hydrogen) atoms. The van der Waals surface area contributed by atoms with Crippen LogP contribution in [0.5, 0.6) is 0 Å². The first kappa shape index (κ1) is 24.4. The lowest BCUT2D eigenvalue weighted by Gasteiger charge is -2.25. The molecule has 6 nitrogen and oxygen atoms in total. The van der Waals surface area contributed by atoms with E-state index in [1.165, 1.54) is 18.5 Å². The molecule has 4 rings (SSSR count). The molecule has 0 saturated heterocycles. The van der Waals surface area contributed by atoms with Gasteiger partial charge in [0.2, 0.25) is 5.91 Å². The van der Waals surface area contributed by atoms with Crippen LogP contribution in [0.3, 0.4) is 0 Å². The average molecular weight is 483 g/mol. The van der Waals surface area contributed by atoms with E-state index >= 15 is 0 Å². The summed E-state index contributed by atoms with van der Waals surface area (Å²) in [6.45, 7) is 0.339. The van der Waals surface area contributed by atoms with Crippen molar-refractivity contribution in [2.24, 2.45) is 5.92 Å². The number of alkyl halides is 3. The summed E-state index contributed by atoms with van der Waals surface area (Å²) in [5.41, 5.74) is 1.86. The van der Waals surface area contributed by atoms with E-state index in [-0.39, 0.29) is 24.8 Å². The number of benzene rings is 1. The van der Waals surface area contributed by atoms with Crippen molar-refractivity contribution in [1.29, 1.82) is 0 Å². The van der Waals surface area contributed by atoms with Gasteiger partial charge in [-0.2, -0.15) is 13.2 Å². The van der Waals surface area contributed by atoms with Crippen molar-refractivity contribution in [2.75, 3.05) is 6.54 Å². The molecule has 1 N–H and O–H groups in total. The molecule has 1 amide bonds. The van der Waals surface area contributed by atoms with Gasteiger partial charge in [-0.15, -0.1) is 0 Å². The Morgan fingerprint density at radius 3 is 2.46 bits per heavy atom. The average Bonchev–Trinajstić information content (AvgIpc) is 3.66. The molecule has 1 aliphatic carbocycles. The van der Waals surface area contributed by atoms with Crippen molar-refractivity contribution in [2.45, 2.75) is 38.4 Å². The van der Waals surface area contributed by atoms with E-state index in [4.69, 9.17) is 5.11 Å². The second-order valence-electron chi connectivity index (χ2n) is 8.67. The van der Waals surface area contributed by atoms with Gasteiger partial charge < -0.3 is 10.0 Å². The quantitative estimate of drug-likeness (QED) is 0.474. The number of hydrogen-bond acceptors (Lipinski definition) is 4. The molecule has 3 aromatic rings. The number of carbonyl (C=O) groups is 2. The van der Waals surface area contributed by atoms with Crippen LogP contribution in [0.15, 0.2) is 61.2 Å². The van der Waals surface area contributed by atoms with Crippen molar-refractivity contribution in [3.05, 3.63) is 83.4 Å². The normalized spacial score (nSPS) is 13.5. The van der Waals surface area contributed by atoms with Crippen LogP contribution in [0.4, 0.5) is 13.2 Å². The van der Waals surface area contributed by atoms with Crippen molar-refractivity contribution in [3.63, 3.8) is 0 Å². The van der Waals surface area contributed by atoms with Gasteiger partial charge in [-0.25, -0.2) is 0 Å². The van der Waals surface area contributed by atoms with Gasteiger partial charge >= 0.3 is 12.1 Å². The van der Waals surface area contributed by atoms with Gasteiger partial charge in [-0.3, -0.25) is 19.6 Å². The number of carbonyl (C=O) groups excluding carboxylic acids is 1. The van der Waals surface area contributed by atoms with Crippen molar-refractivity contribution < 1.29 is 27.9 Å². The molecule has 0 spiro atoms. The minimum absolute atomic E-state index is 0.00198. The van der Waals surface area contributed by atoms with E-state index in [2.05, 4.69) is 9.97 Å². The molecule has 1 fully saturated rings. The Hall–Kier alpha value is -3.75. The maximum atomic E-state index is 13.5. The van der Waals surface area contributed by atoms with E-state index in [1.807, 2.05) is 6.07 Å². The minimum atomic E-state index is -4.54. The highest BCUT2D eigenvalue weighted by Gasteiger charge is 2.35. The van der Waals surface area contributed by atoms with Gasteiger partial charge in [-0.05, 0) is 65.8 Å².